The van der Waals surface area contributed by atoms with E-state index in [2.05, 4.69) is 0 Å². The molecule has 146 valence electrons. The van der Waals surface area contributed by atoms with Gasteiger partial charge >= 0.3 is 12.4 Å². The van der Waals surface area contributed by atoms with Gasteiger partial charge in [0.2, 0.25) is 0 Å². The number of carbonyl (C=O) groups excluding carboxylic acids is 1. The molecular formula is C16H18F6N2O2. The van der Waals surface area contributed by atoms with E-state index < -0.39 is 35.3 Å². The molecule has 0 N–H and O–H groups in total. The predicted molar refractivity (Wildman–Crippen MR) is 80.9 cm³/mol. The van der Waals surface area contributed by atoms with Crippen LogP contribution in [0.1, 0.15) is 35.8 Å². The Morgan fingerprint density at radius 3 is 2.12 bits per heavy atom. The minimum absolute atomic E-state index is 0.00504. The van der Waals surface area contributed by atoms with Crippen LogP contribution in [-0.2, 0) is 12.7 Å². The smallest absolute Gasteiger partial charge is 0.303 e. The van der Waals surface area contributed by atoms with Gasteiger partial charge in [-0.2, -0.15) is 26.3 Å². The molecule has 0 amide bonds. The molecule has 0 radical (unpaired) electrons. The number of likely N-dealkylation sites (tertiary alicyclic amines) is 1. The molecule has 1 aliphatic rings. The largest absolute Gasteiger partial charge is 0.431 e. The SMILES string of the molecule is CC(=O)c1ccc(C(F)(F)F)n(CCN2CCC(C(F)(F)F)CC2)c1=O. The summed E-state index contributed by atoms with van der Waals surface area (Å²) in [5.74, 6) is -2.06. The highest BCUT2D eigenvalue weighted by molar-refractivity contribution is 5.93. The zero-order valence-corrected chi connectivity index (χ0v) is 14.0. The lowest BCUT2D eigenvalue weighted by molar-refractivity contribution is -0.185. The van der Waals surface area contributed by atoms with Crippen molar-refractivity contribution >= 4 is 5.78 Å². The number of aromatic nitrogens is 1. The number of pyridine rings is 1. The molecule has 0 unspecified atom stereocenters. The Balaban J connectivity index is 2.15. The monoisotopic (exact) mass is 384 g/mol. The van der Waals surface area contributed by atoms with Crippen molar-refractivity contribution in [2.45, 2.75) is 38.7 Å². The number of carbonyl (C=O) groups is 1. The number of halogens is 6. The van der Waals surface area contributed by atoms with E-state index in [1.54, 1.807) is 4.90 Å². The summed E-state index contributed by atoms with van der Waals surface area (Å²) in [7, 11) is 0. The zero-order chi connectivity index (χ0) is 19.7. The van der Waals surface area contributed by atoms with Crippen LogP contribution in [0.15, 0.2) is 16.9 Å². The minimum Gasteiger partial charge on any atom is -0.303 e. The fraction of sp³-hybridized carbons (Fsp3) is 0.625. The third-order valence-corrected chi connectivity index (χ3v) is 4.53. The number of hydrogen-bond donors (Lipinski definition) is 0. The Morgan fingerprint density at radius 2 is 1.65 bits per heavy atom. The van der Waals surface area contributed by atoms with Gasteiger partial charge < -0.3 is 9.47 Å². The number of nitrogens with zero attached hydrogens (tertiary/aromatic N) is 2. The van der Waals surface area contributed by atoms with Gasteiger partial charge in [0.05, 0.1) is 11.5 Å². The van der Waals surface area contributed by atoms with E-state index in [0.717, 1.165) is 13.0 Å². The molecule has 2 rings (SSSR count). The van der Waals surface area contributed by atoms with Crippen LogP contribution in [0.2, 0.25) is 0 Å². The van der Waals surface area contributed by atoms with Gasteiger partial charge in [-0.05, 0) is 45.0 Å². The molecule has 0 aromatic carbocycles. The lowest BCUT2D eigenvalue weighted by Crippen LogP contribution is -2.42. The van der Waals surface area contributed by atoms with Gasteiger partial charge in [0.1, 0.15) is 5.69 Å². The summed E-state index contributed by atoms with van der Waals surface area (Å²) in [6.45, 7) is 0.899. The number of Topliss-reactive ketones (excluding diaryl/α,β-unsaturated/α-hetero) is 1. The predicted octanol–water partition coefficient (Wildman–Crippen LogP) is 3.34. The Kier molecular flexibility index (Phi) is 5.84. The van der Waals surface area contributed by atoms with Crippen molar-refractivity contribution in [3.05, 3.63) is 33.7 Å². The number of alkyl halides is 6. The van der Waals surface area contributed by atoms with E-state index in [1.165, 1.54) is 0 Å². The molecular weight excluding hydrogens is 366 g/mol. The van der Waals surface area contributed by atoms with Crippen LogP contribution in [0.4, 0.5) is 26.3 Å². The van der Waals surface area contributed by atoms with Gasteiger partial charge in [0.15, 0.2) is 5.78 Å². The Labute approximate surface area is 145 Å². The van der Waals surface area contributed by atoms with Gasteiger partial charge in [-0.25, -0.2) is 0 Å². The second-order valence-corrected chi connectivity index (χ2v) is 6.30. The summed E-state index contributed by atoms with van der Waals surface area (Å²) in [5, 5.41) is 0. The maximum atomic E-state index is 13.1. The maximum absolute atomic E-state index is 13.1. The summed E-state index contributed by atoms with van der Waals surface area (Å²) in [6, 6.07) is 1.52. The van der Waals surface area contributed by atoms with Gasteiger partial charge in [-0.3, -0.25) is 9.59 Å². The summed E-state index contributed by atoms with van der Waals surface area (Å²) in [4.78, 5) is 25.2. The van der Waals surface area contributed by atoms with Crippen LogP contribution in [-0.4, -0.2) is 41.1 Å². The molecule has 0 bridgehead atoms. The van der Waals surface area contributed by atoms with Crippen LogP contribution in [0, 0.1) is 5.92 Å². The van der Waals surface area contributed by atoms with Crippen LogP contribution < -0.4 is 5.56 Å². The van der Waals surface area contributed by atoms with Gasteiger partial charge in [0.25, 0.3) is 5.56 Å². The van der Waals surface area contributed by atoms with Gasteiger partial charge in [-0.1, -0.05) is 0 Å². The zero-order valence-electron chi connectivity index (χ0n) is 14.0. The molecule has 1 fully saturated rings. The van der Waals surface area contributed by atoms with E-state index in [1.807, 2.05) is 0 Å². The highest BCUT2D eigenvalue weighted by Gasteiger charge is 2.41. The molecule has 26 heavy (non-hydrogen) atoms. The van der Waals surface area contributed by atoms with Crippen LogP contribution in [0.25, 0.3) is 0 Å². The molecule has 4 nitrogen and oxygen atoms in total. The standard InChI is InChI=1S/C16H18F6N2O2/c1-10(25)12-2-3-13(16(20,21)22)24(14(12)26)9-8-23-6-4-11(5-7-23)15(17,18)19/h2-3,11H,4-9H2,1H3. The first-order valence-corrected chi connectivity index (χ1v) is 8.02. The summed E-state index contributed by atoms with van der Waals surface area (Å²) < 4.78 is 77.8. The first kappa shape index (κ1) is 20.5. The van der Waals surface area contributed by atoms with Gasteiger partial charge in [-0.15, -0.1) is 0 Å². The van der Waals surface area contributed by atoms with E-state index in [4.69, 9.17) is 0 Å². The topological polar surface area (TPSA) is 42.3 Å². The van der Waals surface area contributed by atoms with Crippen LogP contribution in [0.3, 0.4) is 0 Å². The third-order valence-electron chi connectivity index (χ3n) is 4.53. The normalized spacial score (nSPS) is 17.5. The Bertz CT molecular complexity index is 715. The molecule has 1 aromatic heterocycles. The molecule has 0 aliphatic carbocycles. The average Bonchev–Trinajstić information content (AvgIpc) is 2.51. The number of hydrogen-bond acceptors (Lipinski definition) is 3. The van der Waals surface area contributed by atoms with Crippen molar-refractivity contribution in [3.63, 3.8) is 0 Å². The molecule has 1 aliphatic heterocycles. The highest BCUT2D eigenvalue weighted by Crippen LogP contribution is 2.34. The molecule has 2 heterocycles. The van der Waals surface area contributed by atoms with Crippen molar-refractivity contribution in [2.75, 3.05) is 19.6 Å². The van der Waals surface area contributed by atoms with Crippen LogP contribution in [0.5, 0.6) is 0 Å². The maximum Gasteiger partial charge on any atom is 0.431 e. The van der Waals surface area contributed by atoms with E-state index in [-0.39, 0.29) is 44.6 Å². The minimum atomic E-state index is -4.78. The third kappa shape index (κ3) is 4.66. The highest BCUT2D eigenvalue weighted by atomic mass is 19.4. The number of ketones is 1. The average molecular weight is 384 g/mol. The Hall–Kier alpha value is -1.84. The first-order chi connectivity index (χ1) is 11.9. The van der Waals surface area contributed by atoms with Crippen molar-refractivity contribution in [1.82, 2.24) is 9.47 Å². The van der Waals surface area contributed by atoms with Crippen molar-refractivity contribution < 1.29 is 31.1 Å². The fourth-order valence-corrected chi connectivity index (χ4v) is 3.04. The van der Waals surface area contributed by atoms with Crippen LogP contribution >= 0.6 is 0 Å². The second kappa shape index (κ2) is 7.42. The van der Waals surface area contributed by atoms with Crippen molar-refractivity contribution in [3.8, 4) is 0 Å². The second-order valence-electron chi connectivity index (χ2n) is 6.30. The van der Waals surface area contributed by atoms with Crippen molar-refractivity contribution in [1.29, 1.82) is 0 Å². The van der Waals surface area contributed by atoms with Crippen molar-refractivity contribution in [2.24, 2.45) is 5.92 Å². The number of piperidine rings is 1. The molecule has 0 atom stereocenters. The molecule has 1 saturated heterocycles. The van der Waals surface area contributed by atoms with E-state index >= 15 is 0 Å². The lowest BCUT2D eigenvalue weighted by Gasteiger charge is -2.33. The summed E-state index contributed by atoms with van der Waals surface area (Å²) >= 11 is 0. The fourth-order valence-electron chi connectivity index (χ4n) is 3.04. The first-order valence-electron chi connectivity index (χ1n) is 8.02. The van der Waals surface area contributed by atoms with E-state index in [9.17, 15) is 35.9 Å². The molecule has 0 spiro atoms. The quantitative estimate of drug-likeness (QED) is 0.591. The summed E-state index contributed by atoms with van der Waals surface area (Å²) in [5.41, 5.74) is -2.58. The molecule has 10 heteroatoms. The lowest BCUT2D eigenvalue weighted by atomic mass is 9.96. The molecule has 0 saturated carbocycles. The van der Waals surface area contributed by atoms with E-state index in [0.29, 0.717) is 10.6 Å². The Morgan fingerprint density at radius 1 is 1.08 bits per heavy atom. The molecule has 1 aromatic rings. The van der Waals surface area contributed by atoms with Gasteiger partial charge in [0, 0.05) is 13.1 Å². The number of rotatable bonds is 4. The summed E-state index contributed by atoms with van der Waals surface area (Å²) in [6.07, 6.45) is -9.31.